The second-order valence-corrected chi connectivity index (χ2v) is 1.69. The van der Waals surface area contributed by atoms with E-state index in [2.05, 4.69) is 11.1 Å². The molecule has 0 radical (unpaired) electrons. The Labute approximate surface area is 91.5 Å². The summed E-state index contributed by atoms with van der Waals surface area (Å²) in [4.78, 5) is 7.96. The van der Waals surface area contributed by atoms with Crippen LogP contribution in [0.15, 0.2) is 12.7 Å². The zero-order valence-corrected chi connectivity index (χ0v) is 4.76. The molecule has 0 bridgehead atoms. The van der Waals surface area contributed by atoms with Gasteiger partial charge in [-0.15, -0.1) is 6.58 Å². The first-order valence-corrected chi connectivity index (χ1v) is 3.00. The van der Waals surface area contributed by atoms with Gasteiger partial charge in [-0.3, -0.25) is 4.57 Å². The summed E-state index contributed by atoms with van der Waals surface area (Å²) in [7, 11) is -2.72. The van der Waals surface area contributed by atoms with Crippen LogP contribution in [0.5, 0.6) is 0 Å². The van der Waals surface area contributed by atoms with Gasteiger partial charge in [-0.1, -0.05) is 6.08 Å². The van der Waals surface area contributed by atoms with Crippen LogP contribution in [-0.2, 0) is 9.09 Å². The maximum absolute atomic E-state index is 9.67. The quantitative estimate of drug-likeness (QED) is 0.359. The van der Waals surface area contributed by atoms with E-state index in [0.29, 0.717) is 0 Å². The zero-order valence-electron chi connectivity index (χ0n) is 3.76. The SMILES string of the molecule is C=CCO[PH](=O)O.[KH]. The van der Waals surface area contributed by atoms with Gasteiger partial charge in [0, 0.05) is 0 Å². The first-order valence-electron chi connectivity index (χ1n) is 1.74. The molecule has 44 valence electrons. The van der Waals surface area contributed by atoms with Crippen molar-refractivity contribution in [3.8, 4) is 0 Å². The van der Waals surface area contributed by atoms with Crippen molar-refractivity contribution in [2.45, 2.75) is 0 Å². The van der Waals surface area contributed by atoms with Crippen LogP contribution in [-0.4, -0.2) is 62.9 Å². The van der Waals surface area contributed by atoms with E-state index in [0.717, 1.165) is 0 Å². The van der Waals surface area contributed by atoms with E-state index in [1.165, 1.54) is 6.08 Å². The molecule has 0 spiro atoms. The van der Waals surface area contributed by atoms with Crippen molar-refractivity contribution in [1.29, 1.82) is 0 Å². The molecule has 8 heavy (non-hydrogen) atoms. The van der Waals surface area contributed by atoms with Crippen molar-refractivity contribution < 1.29 is 14.0 Å². The van der Waals surface area contributed by atoms with Crippen LogP contribution in [0.2, 0.25) is 0 Å². The third-order valence-electron chi connectivity index (χ3n) is 0.325. The molecule has 0 aliphatic heterocycles. The fraction of sp³-hybridized carbons (Fsp3) is 0.333. The fourth-order valence-electron chi connectivity index (χ4n) is 0.130. The third kappa shape index (κ3) is 10.5. The van der Waals surface area contributed by atoms with Gasteiger partial charge in [0.05, 0.1) is 6.61 Å². The van der Waals surface area contributed by atoms with Gasteiger partial charge in [0.2, 0.25) is 0 Å². The molecule has 0 rings (SSSR count). The minimum absolute atomic E-state index is 0. The van der Waals surface area contributed by atoms with E-state index in [1.54, 1.807) is 0 Å². The van der Waals surface area contributed by atoms with Gasteiger partial charge >= 0.3 is 59.6 Å². The van der Waals surface area contributed by atoms with Gasteiger partial charge in [0.25, 0.3) is 0 Å². The average Bonchev–Trinajstić information content (AvgIpc) is 1.61. The van der Waals surface area contributed by atoms with Gasteiger partial charge in [-0.25, -0.2) is 0 Å². The van der Waals surface area contributed by atoms with E-state index in [1.807, 2.05) is 0 Å². The Bertz CT molecular complexity index is 84.6. The summed E-state index contributed by atoms with van der Waals surface area (Å²) in [5, 5.41) is 0. The molecule has 0 aromatic heterocycles. The summed E-state index contributed by atoms with van der Waals surface area (Å²) in [5.74, 6) is 0. The van der Waals surface area contributed by atoms with Crippen LogP contribution >= 0.6 is 8.25 Å². The molecule has 1 unspecified atom stereocenters. The Hall–Kier alpha value is 1.53. The topological polar surface area (TPSA) is 46.5 Å². The Balaban J connectivity index is 0. The Morgan fingerprint density at radius 1 is 1.88 bits per heavy atom. The molecular formula is C3H8KO3P. The molecule has 1 N–H and O–H groups in total. The van der Waals surface area contributed by atoms with E-state index in [-0.39, 0.29) is 58.0 Å². The zero-order chi connectivity index (χ0) is 5.70. The van der Waals surface area contributed by atoms with Crippen molar-refractivity contribution in [3.05, 3.63) is 12.7 Å². The predicted molar refractivity (Wildman–Crippen MR) is 34.5 cm³/mol. The first kappa shape index (κ1) is 12.2. The number of hydrogen-bond donors (Lipinski definition) is 1. The minimum atomic E-state index is -2.72. The molecule has 0 aliphatic carbocycles. The summed E-state index contributed by atoms with van der Waals surface area (Å²) >= 11 is 0. The number of rotatable bonds is 3. The average molecular weight is 162 g/mol. The van der Waals surface area contributed by atoms with Crippen molar-refractivity contribution in [2.75, 3.05) is 6.61 Å². The van der Waals surface area contributed by atoms with Gasteiger partial charge < -0.3 is 9.42 Å². The monoisotopic (exact) mass is 162 g/mol. The molecule has 0 amide bonds. The van der Waals surface area contributed by atoms with Crippen LogP contribution in [0, 0.1) is 0 Å². The molecule has 3 nitrogen and oxygen atoms in total. The molecule has 5 heteroatoms. The summed E-state index contributed by atoms with van der Waals surface area (Å²) in [6.45, 7) is 3.42. The molecule has 0 aromatic rings. The fourth-order valence-corrected chi connectivity index (χ4v) is 0.391. The molecule has 0 saturated carbocycles. The van der Waals surface area contributed by atoms with E-state index >= 15 is 0 Å². The maximum atomic E-state index is 9.67. The van der Waals surface area contributed by atoms with Crippen molar-refractivity contribution in [1.82, 2.24) is 0 Å². The molecule has 0 heterocycles. The van der Waals surface area contributed by atoms with E-state index in [9.17, 15) is 4.57 Å². The molecule has 0 saturated heterocycles. The van der Waals surface area contributed by atoms with Crippen LogP contribution < -0.4 is 0 Å². The van der Waals surface area contributed by atoms with Crippen molar-refractivity contribution in [3.63, 3.8) is 0 Å². The Kier molecular flexibility index (Phi) is 13.0. The van der Waals surface area contributed by atoms with Crippen molar-refractivity contribution >= 4 is 59.6 Å². The van der Waals surface area contributed by atoms with Crippen LogP contribution in [0.3, 0.4) is 0 Å². The second-order valence-electron chi connectivity index (χ2n) is 0.866. The number of hydrogen-bond acceptors (Lipinski definition) is 2. The first-order chi connectivity index (χ1) is 3.27. The summed E-state index contributed by atoms with van der Waals surface area (Å²) < 4.78 is 13.8. The molecule has 1 atom stereocenters. The molecular weight excluding hydrogens is 154 g/mol. The van der Waals surface area contributed by atoms with Crippen LogP contribution in [0.4, 0.5) is 0 Å². The standard InChI is InChI=1S/C3H7O3P.K.H/c1-2-3-6-7(4)5;;/h2,7H,1,3H2,(H,4,5);;. The Morgan fingerprint density at radius 3 is 2.50 bits per heavy atom. The van der Waals surface area contributed by atoms with Gasteiger partial charge in [-0.05, 0) is 0 Å². The van der Waals surface area contributed by atoms with Crippen molar-refractivity contribution in [2.24, 2.45) is 0 Å². The van der Waals surface area contributed by atoms with Crippen LogP contribution in [0.1, 0.15) is 0 Å². The van der Waals surface area contributed by atoms with Crippen LogP contribution in [0.25, 0.3) is 0 Å². The van der Waals surface area contributed by atoms with E-state index in [4.69, 9.17) is 4.89 Å². The predicted octanol–water partition coefficient (Wildman–Crippen LogP) is -0.0775. The van der Waals surface area contributed by atoms with Gasteiger partial charge in [-0.2, -0.15) is 0 Å². The second kappa shape index (κ2) is 8.53. The molecule has 0 aliphatic rings. The molecule has 0 fully saturated rings. The summed E-state index contributed by atoms with van der Waals surface area (Å²) in [6, 6.07) is 0. The Morgan fingerprint density at radius 2 is 2.38 bits per heavy atom. The molecule has 0 aromatic carbocycles. The normalized spacial score (nSPS) is 11.6. The van der Waals surface area contributed by atoms with Gasteiger partial charge in [0.1, 0.15) is 0 Å². The van der Waals surface area contributed by atoms with E-state index < -0.39 is 8.25 Å². The summed E-state index contributed by atoms with van der Waals surface area (Å²) in [6.07, 6.45) is 1.42. The third-order valence-corrected chi connectivity index (χ3v) is 0.738. The summed E-state index contributed by atoms with van der Waals surface area (Å²) in [5.41, 5.74) is 0. The van der Waals surface area contributed by atoms with Gasteiger partial charge in [0.15, 0.2) is 0 Å².